The van der Waals surface area contributed by atoms with Crippen LogP contribution in [0.1, 0.15) is 39.0 Å². The zero-order valence-corrected chi connectivity index (χ0v) is 17.2. The van der Waals surface area contributed by atoms with Gasteiger partial charge in [-0.05, 0) is 44.5 Å². The Hall–Kier alpha value is -2.51. The Labute approximate surface area is 171 Å². The number of benzene rings is 1. The number of rotatable bonds is 7. The molecule has 1 aromatic carbocycles. The largest absolute Gasteiger partial charge is 0.477 e. The summed E-state index contributed by atoms with van der Waals surface area (Å²) in [6, 6.07) is 4.58. The predicted molar refractivity (Wildman–Crippen MR) is 103 cm³/mol. The number of esters is 2. The third-order valence-electron chi connectivity index (χ3n) is 3.98. The Kier molecular flexibility index (Phi) is 7.10. The first kappa shape index (κ1) is 21.8. The van der Waals surface area contributed by atoms with Crippen molar-refractivity contribution in [2.45, 2.75) is 26.9 Å². The fourth-order valence-electron chi connectivity index (χ4n) is 2.57. The average Bonchev–Trinajstić information content (AvgIpc) is 2.95. The number of Topliss-reactive ketones (excluding diaryl/α,β-unsaturated/α-hetero) is 1. The standard InChI is InChI=1S/C19H19Cl2NO6/c1-9-16(19(25)26-4)10(2)22-17(9)14(23)8-27-18(24)11(3)28-15-6-5-12(20)7-13(15)21/h5-7,11,22H,8H2,1-4H3. The van der Waals surface area contributed by atoms with Gasteiger partial charge >= 0.3 is 11.9 Å². The minimum Gasteiger partial charge on any atom is -0.477 e. The smallest absolute Gasteiger partial charge is 0.347 e. The molecular formula is C19H19Cl2NO6. The Bertz CT molecular complexity index is 921. The van der Waals surface area contributed by atoms with Crippen molar-refractivity contribution in [3.05, 3.63) is 50.8 Å². The van der Waals surface area contributed by atoms with E-state index < -0.39 is 30.4 Å². The highest BCUT2D eigenvalue weighted by atomic mass is 35.5. The van der Waals surface area contributed by atoms with Crippen molar-refractivity contribution >= 4 is 40.9 Å². The molecule has 0 fully saturated rings. The second-order valence-corrected chi connectivity index (χ2v) is 6.83. The first-order valence-electron chi connectivity index (χ1n) is 8.24. The molecule has 0 aliphatic rings. The highest BCUT2D eigenvalue weighted by Crippen LogP contribution is 2.28. The van der Waals surface area contributed by atoms with Crippen LogP contribution in [-0.2, 0) is 14.3 Å². The first-order valence-corrected chi connectivity index (χ1v) is 9.00. The number of hydrogen-bond donors (Lipinski definition) is 1. The third kappa shape index (κ3) is 4.85. The molecule has 1 unspecified atom stereocenters. The maximum atomic E-state index is 12.4. The lowest BCUT2D eigenvalue weighted by Gasteiger charge is -2.14. The summed E-state index contributed by atoms with van der Waals surface area (Å²) in [6.07, 6.45) is -0.997. The van der Waals surface area contributed by atoms with Gasteiger partial charge in [-0.15, -0.1) is 0 Å². The first-order chi connectivity index (χ1) is 13.1. The molecule has 1 N–H and O–H groups in total. The third-order valence-corrected chi connectivity index (χ3v) is 4.51. The summed E-state index contributed by atoms with van der Waals surface area (Å²) in [7, 11) is 1.26. The molecule has 1 heterocycles. The Morgan fingerprint density at radius 3 is 2.46 bits per heavy atom. The van der Waals surface area contributed by atoms with Crippen LogP contribution in [0, 0.1) is 13.8 Å². The van der Waals surface area contributed by atoms with E-state index in [1.807, 2.05) is 0 Å². The van der Waals surface area contributed by atoms with Crippen LogP contribution in [0.25, 0.3) is 0 Å². The van der Waals surface area contributed by atoms with Gasteiger partial charge < -0.3 is 19.2 Å². The molecule has 0 aliphatic heterocycles. The Morgan fingerprint density at radius 2 is 1.86 bits per heavy atom. The van der Waals surface area contributed by atoms with E-state index in [9.17, 15) is 14.4 Å². The molecule has 0 radical (unpaired) electrons. The van der Waals surface area contributed by atoms with Gasteiger partial charge in [0.1, 0.15) is 5.75 Å². The number of methoxy groups -OCH3 is 1. The van der Waals surface area contributed by atoms with Crippen molar-refractivity contribution in [2.24, 2.45) is 0 Å². The maximum Gasteiger partial charge on any atom is 0.347 e. The van der Waals surface area contributed by atoms with Crippen LogP contribution in [0.3, 0.4) is 0 Å². The second-order valence-electron chi connectivity index (χ2n) is 5.98. The summed E-state index contributed by atoms with van der Waals surface area (Å²) in [5, 5.41) is 0.678. The van der Waals surface area contributed by atoms with E-state index in [0.29, 0.717) is 16.3 Å². The fourth-order valence-corrected chi connectivity index (χ4v) is 3.03. The number of aromatic nitrogens is 1. The minimum atomic E-state index is -0.997. The van der Waals surface area contributed by atoms with Crippen LogP contribution in [0.5, 0.6) is 5.75 Å². The number of aromatic amines is 1. The molecule has 1 atom stereocenters. The van der Waals surface area contributed by atoms with Crippen LogP contribution in [0.4, 0.5) is 0 Å². The van der Waals surface area contributed by atoms with E-state index in [1.54, 1.807) is 19.9 Å². The summed E-state index contributed by atoms with van der Waals surface area (Å²) >= 11 is 11.8. The zero-order chi connectivity index (χ0) is 21.0. The number of carbonyl (C=O) groups excluding carboxylic acids is 3. The van der Waals surface area contributed by atoms with Crippen LogP contribution < -0.4 is 4.74 Å². The number of ether oxygens (including phenoxy) is 3. The molecule has 0 saturated carbocycles. The van der Waals surface area contributed by atoms with Gasteiger partial charge in [0.15, 0.2) is 12.7 Å². The minimum absolute atomic E-state index is 0.181. The number of H-pyrrole nitrogens is 1. The highest BCUT2D eigenvalue weighted by molar-refractivity contribution is 6.35. The van der Waals surface area contributed by atoms with Crippen molar-refractivity contribution in [2.75, 3.05) is 13.7 Å². The molecule has 7 nitrogen and oxygen atoms in total. The number of hydrogen-bond acceptors (Lipinski definition) is 6. The van der Waals surface area contributed by atoms with Gasteiger partial charge in [0.05, 0.1) is 23.4 Å². The topological polar surface area (TPSA) is 94.7 Å². The normalized spacial score (nSPS) is 11.6. The average molecular weight is 428 g/mol. The van der Waals surface area contributed by atoms with Crippen LogP contribution in [0.2, 0.25) is 10.0 Å². The van der Waals surface area contributed by atoms with Gasteiger partial charge in [0, 0.05) is 10.7 Å². The SMILES string of the molecule is COC(=O)c1c(C)[nH]c(C(=O)COC(=O)C(C)Oc2ccc(Cl)cc2Cl)c1C. The molecule has 0 bridgehead atoms. The van der Waals surface area contributed by atoms with Gasteiger partial charge in [-0.1, -0.05) is 23.2 Å². The molecule has 2 aromatic rings. The number of ketones is 1. The highest BCUT2D eigenvalue weighted by Gasteiger charge is 2.24. The van der Waals surface area contributed by atoms with Gasteiger partial charge in [-0.25, -0.2) is 9.59 Å². The monoisotopic (exact) mass is 427 g/mol. The number of halogens is 2. The van der Waals surface area contributed by atoms with E-state index in [4.69, 9.17) is 37.4 Å². The molecule has 28 heavy (non-hydrogen) atoms. The summed E-state index contributed by atoms with van der Waals surface area (Å²) < 4.78 is 15.2. The quantitative estimate of drug-likeness (QED) is 0.531. The summed E-state index contributed by atoms with van der Waals surface area (Å²) in [4.78, 5) is 39.1. The predicted octanol–water partition coefficient (Wildman–Crippen LogP) is 3.92. The fraction of sp³-hybridized carbons (Fsp3) is 0.316. The van der Waals surface area contributed by atoms with E-state index in [0.717, 1.165) is 0 Å². The molecule has 150 valence electrons. The van der Waals surface area contributed by atoms with Crippen LogP contribution in [-0.4, -0.2) is 42.5 Å². The van der Waals surface area contributed by atoms with E-state index in [2.05, 4.69) is 4.98 Å². The molecule has 1 aromatic heterocycles. The molecule has 0 aliphatic carbocycles. The zero-order valence-electron chi connectivity index (χ0n) is 15.7. The van der Waals surface area contributed by atoms with Crippen LogP contribution in [0.15, 0.2) is 18.2 Å². The molecule has 0 saturated heterocycles. The number of nitrogens with one attached hydrogen (secondary N) is 1. The lowest BCUT2D eigenvalue weighted by Crippen LogP contribution is -2.28. The van der Waals surface area contributed by atoms with Gasteiger partial charge in [-0.3, -0.25) is 4.79 Å². The van der Waals surface area contributed by atoms with E-state index in [1.165, 1.54) is 26.2 Å². The lowest BCUT2D eigenvalue weighted by molar-refractivity contribution is -0.149. The second kappa shape index (κ2) is 9.12. The van der Waals surface area contributed by atoms with Crippen molar-refractivity contribution in [1.82, 2.24) is 4.98 Å². The maximum absolute atomic E-state index is 12.4. The Morgan fingerprint density at radius 1 is 1.18 bits per heavy atom. The molecule has 0 spiro atoms. The summed E-state index contributed by atoms with van der Waals surface area (Å²) in [6.45, 7) is 4.21. The van der Waals surface area contributed by atoms with E-state index >= 15 is 0 Å². The number of carbonyl (C=O) groups is 3. The van der Waals surface area contributed by atoms with Gasteiger partial charge in [-0.2, -0.15) is 0 Å². The molecular weight excluding hydrogens is 409 g/mol. The Balaban J connectivity index is 2.00. The molecule has 0 amide bonds. The van der Waals surface area contributed by atoms with E-state index in [-0.39, 0.29) is 22.0 Å². The molecule has 9 heteroatoms. The van der Waals surface area contributed by atoms with Gasteiger partial charge in [0.25, 0.3) is 0 Å². The van der Waals surface area contributed by atoms with Crippen molar-refractivity contribution < 1.29 is 28.6 Å². The summed E-state index contributed by atoms with van der Waals surface area (Å²) in [5.41, 5.74) is 1.39. The lowest BCUT2D eigenvalue weighted by atomic mass is 10.1. The van der Waals surface area contributed by atoms with Crippen molar-refractivity contribution in [3.63, 3.8) is 0 Å². The number of aryl methyl sites for hydroxylation is 1. The van der Waals surface area contributed by atoms with Crippen LogP contribution >= 0.6 is 23.2 Å². The molecule has 2 rings (SSSR count). The summed E-state index contributed by atoms with van der Waals surface area (Å²) in [5.74, 6) is -1.51. The van der Waals surface area contributed by atoms with Crippen molar-refractivity contribution in [3.8, 4) is 5.75 Å². The van der Waals surface area contributed by atoms with Crippen molar-refractivity contribution in [1.29, 1.82) is 0 Å². The van der Waals surface area contributed by atoms with Gasteiger partial charge in [0.2, 0.25) is 5.78 Å².